The van der Waals surface area contributed by atoms with Crippen LogP contribution in [0.3, 0.4) is 0 Å². The first-order valence-corrected chi connectivity index (χ1v) is 15.9. The van der Waals surface area contributed by atoms with Crippen molar-refractivity contribution in [2.75, 3.05) is 20.3 Å². The van der Waals surface area contributed by atoms with E-state index in [9.17, 15) is 14.7 Å². The van der Waals surface area contributed by atoms with E-state index in [1.165, 1.54) is 7.11 Å². The highest BCUT2D eigenvalue weighted by Gasteiger charge is 2.32. The number of carbonyl (C=O) groups is 2. The number of urea groups is 1. The molecule has 0 aromatic heterocycles. The van der Waals surface area contributed by atoms with Gasteiger partial charge in [-0.15, -0.1) is 0 Å². The zero-order chi connectivity index (χ0) is 32.5. The molecule has 3 aromatic carbocycles. The average Bonchev–Trinajstić information content (AvgIpc) is 2.99. The van der Waals surface area contributed by atoms with Crippen LogP contribution in [0.25, 0.3) is 0 Å². The fourth-order valence-electron chi connectivity index (χ4n) is 4.43. The number of aliphatic hydroxyl groups is 1. The fourth-order valence-corrected chi connectivity index (χ4v) is 6.34. The maximum atomic E-state index is 12.5. The first kappa shape index (κ1) is 34.3. The number of halogens is 3. The third kappa shape index (κ3) is 9.25. The molecule has 0 aliphatic carbocycles. The molecule has 0 fully saturated rings. The molecular weight excluding hydrogens is 783 g/mol. The minimum Gasteiger partial charge on any atom is -0.490 e. The fraction of sp³-hybridized carbons (Fsp3) is 0.258. The van der Waals surface area contributed by atoms with Gasteiger partial charge in [0.25, 0.3) is 0 Å². The second kappa shape index (κ2) is 16.2. The Balaban J connectivity index is 1.43. The lowest BCUT2D eigenvalue weighted by atomic mass is 9.95. The van der Waals surface area contributed by atoms with Crippen molar-refractivity contribution in [1.82, 2.24) is 16.1 Å². The van der Waals surface area contributed by atoms with E-state index in [0.717, 1.165) is 13.6 Å². The van der Waals surface area contributed by atoms with Crippen molar-refractivity contribution < 1.29 is 33.6 Å². The molecule has 1 heterocycles. The van der Waals surface area contributed by atoms with Gasteiger partial charge >= 0.3 is 12.0 Å². The van der Waals surface area contributed by atoms with E-state index in [4.69, 9.17) is 30.5 Å². The summed E-state index contributed by atoms with van der Waals surface area (Å²) in [6, 6.07) is 15.0. The molecule has 0 spiro atoms. The number of hydrogen-bond donors (Lipinski definition) is 4. The number of aliphatic hydroxyl groups excluding tert-OH is 1. The van der Waals surface area contributed by atoms with Crippen molar-refractivity contribution in [2.45, 2.75) is 32.7 Å². The van der Waals surface area contributed by atoms with Crippen molar-refractivity contribution in [3.05, 3.63) is 95.6 Å². The van der Waals surface area contributed by atoms with Crippen molar-refractivity contribution in [2.24, 2.45) is 5.10 Å². The van der Waals surface area contributed by atoms with Gasteiger partial charge in [-0.2, -0.15) is 5.10 Å². The number of hydrazone groups is 1. The van der Waals surface area contributed by atoms with E-state index < -0.39 is 24.3 Å². The Morgan fingerprint density at radius 1 is 1.18 bits per heavy atom. The Hall–Kier alpha value is -3.53. The monoisotopic (exact) mass is 812 g/mol. The minimum atomic E-state index is -1.17. The van der Waals surface area contributed by atoms with Crippen LogP contribution in [0.4, 0.5) is 4.79 Å². The maximum Gasteiger partial charge on any atom is 0.337 e. The largest absolute Gasteiger partial charge is 0.490 e. The molecule has 0 saturated carbocycles. The van der Waals surface area contributed by atoms with Crippen molar-refractivity contribution in [3.8, 4) is 17.2 Å². The number of nitrogens with one attached hydrogen (secondary N) is 3. The number of nitrogens with zero attached hydrogens (tertiary/aromatic N) is 1. The number of hydrogen-bond acceptors (Lipinski definition) is 9. The lowest BCUT2D eigenvalue weighted by Crippen LogP contribution is -2.45. The molecule has 0 bridgehead atoms. The Labute approximate surface area is 287 Å². The van der Waals surface area contributed by atoms with Crippen LogP contribution in [0.2, 0.25) is 5.02 Å². The summed E-state index contributed by atoms with van der Waals surface area (Å²) in [6.45, 7) is 3.92. The van der Waals surface area contributed by atoms with Crippen LogP contribution < -0.4 is 30.3 Å². The number of methoxy groups -OCH3 is 1. The number of rotatable bonds is 13. The average molecular weight is 814 g/mol. The van der Waals surface area contributed by atoms with Crippen LogP contribution in [0.1, 0.15) is 36.6 Å². The van der Waals surface area contributed by atoms with Crippen LogP contribution in [0.5, 0.6) is 17.2 Å². The van der Waals surface area contributed by atoms with E-state index in [2.05, 4.69) is 59.7 Å². The summed E-state index contributed by atoms with van der Waals surface area (Å²) in [5, 5.41) is 20.7. The number of allylic oxidation sites excluding steroid dienone is 1. The number of benzene rings is 3. The van der Waals surface area contributed by atoms with Crippen molar-refractivity contribution >= 4 is 68.3 Å². The molecule has 4 N–H and O–H groups in total. The Morgan fingerprint density at radius 2 is 1.98 bits per heavy atom. The summed E-state index contributed by atoms with van der Waals surface area (Å²) in [7, 11) is 1.27. The quantitative estimate of drug-likeness (QED) is 0.0559. The lowest BCUT2D eigenvalue weighted by Gasteiger charge is -2.28. The van der Waals surface area contributed by atoms with Crippen LogP contribution >= 0.6 is 50.1 Å². The van der Waals surface area contributed by atoms with Gasteiger partial charge in [-0.25, -0.2) is 9.59 Å². The summed E-state index contributed by atoms with van der Waals surface area (Å²) < 4.78 is 24.3. The van der Waals surface area contributed by atoms with Gasteiger partial charge in [-0.05, 0) is 84.0 Å². The Kier molecular flexibility index (Phi) is 12.3. The van der Waals surface area contributed by atoms with E-state index >= 15 is 0 Å². The smallest absolute Gasteiger partial charge is 0.337 e. The lowest BCUT2D eigenvalue weighted by molar-refractivity contribution is -0.136. The van der Waals surface area contributed by atoms with E-state index in [1.54, 1.807) is 37.4 Å². The third-order valence-corrected chi connectivity index (χ3v) is 7.90. The third-order valence-electron chi connectivity index (χ3n) is 6.41. The second-order valence-electron chi connectivity index (χ2n) is 9.64. The summed E-state index contributed by atoms with van der Waals surface area (Å²) in [6.07, 6.45) is 0.378. The molecule has 0 saturated heterocycles. The SMILES string of the molecule is CCOc1cc([C@H]2NC(=O)NC(C)=C2C(=O)OC)ccc1OC[C@H](O)N/N=C/c1cc(Br)cc(I)c1OCc1cccc(Cl)c1. The number of carbonyl (C=O) groups excluding carboxylic acids is 2. The minimum absolute atomic E-state index is 0.165. The molecule has 0 radical (unpaired) electrons. The van der Waals surface area contributed by atoms with Gasteiger partial charge in [0.2, 0.25) is 0 Å². The summed E-state index contributed by atoms with van der Waals surface area (Å²) in [5.74, 6) is 0.770. The molecule has 11 nitrogen and oxygen atoms in total. The highest BCUT2D eigenvalue weighted by molar-refractivity contribution is 14.1. The van der Waals surface area contributed by atoms with E-state index in [0.29, 0.717) is 52.3 Å². The predicted octanol–water partition coefficient (Wildman–Crippen LogP) is 5.81. The molecule has 2 amide bonds. The highest BCUT2D eigenvalue weighted by Crippen LogP contribution is 2.35. The van der Waals surface area contributed by atoms with Gasteiger partial charge in [-0.3, -0.25) is 5.43 Å². The molecule has 238 valence electrons. The normalized spacial score (nSPS) is 15.3. The van der Waals surface area contributed by atoms with Crippen LogP contribution in [-0.2, 0) is 16.1 Å². The van der Waals surface area contributed by atoms with Crippen LogP contribution in [-0.4, -0.2) is 49.9 Å². The highest BCUT2D eigenvalue weighted by atomic mass is 127. The molecule has 1 aliphatic rings. The Bertz CT molecular complexity index is 1620. The topological polar surface area (TPSA) is 140 Å². The second-order valence-corrected chi connectivity index (χ2v) is 12.2. The van der Waals surface area contributed by atoms with E-state index in [-0.39, 0.29) is 12.2 Å². The van der Waals surface area contributed by atoms with Gasteiger partial charge < -0.3 is 34.7 Å². The molecule has 14 heteroatoms. The van der Waals surface area contributed by atoms with Gasteiger partial charge in [0, 0.05) is 20.8 Å². The maximum absolute atomic E-state index is 12.5. The molecule has 1 aliphatic heterocycles. The van der Waals surface area contributed by atoms with Gasteiger partial charge in [-0.1, -0.05) is 45.7 Å². The van der Waals surface area contributed by atoms with Crippen LogP contribution in [0.15, 0.2) is 75.4 Å². The molecule has 4 rings (SSSR count). The zero-order valence-corrected chi connectivity index (χ0v) is 29.0. The zero-order valence-electron chi connectivity index (χ0n) is 24.5. The molecule has 45 heavy (non-hydrogen) atoms. The van der Waals surface area contributed by atoms with Crippen molar-refractivity contribution in [1.29, 1.82) is 0 Å². The van der Waals surface area contributed by atoms with E-state index in [1.807, 2.05) is 37.3 Å². The number of ether oxygens (including phenoxy) is 4. The summed E-state index contributed by atoms with van der Waals surface area (Å²) in [4.78, 5) is 24.6. The molecule has 3 aromatic rings. The standard InChI is InChI=1S/C31H31BrClIN4O7/c1-4-43-25-12-19(28-27(30(40)42-3)17(2)36-31(41)37-28)8-9-24(25)44-16-26(39)38-35-14-20-11-21(32)13-23(34)29(20)45-15-18-6-5-7-22(33)10-18/h5-14,26,28,38-39H,4,15-16H2,1-3H3,(H2,36,37,41)/b35-14+/t26-,28+/m0/s1. The molecule has 2 atom stereocenters. The first-order chi connectivity index (χ1) is 21.6. The van der Waals surface area contributed by atoms with Crippen molar-refractivity contribution in [3.63, 3.8) is 0 Å². The summed E-state index contributed by atoms with van der Waals surface area (Å²) >= 11 is 11.8. The van der Waals surface area contributed by atoms with Gasteiger partial charge in [0.1, 0.15) is 19.0 Å². The van der Waals surface area contributed by atoms with Crippen LogP contribution in [0, 0.1) is 3.57 Å². The number of esters is 1. The number of amides is 2. The van der Waals surface area contributed by atoms with Gasteiger partial charge in [0.05, 0.1) is 35.1 Å². The first-order valence-electron chi connectivity index (χ1n) is 13.7. The predicted molar refractivity (Wildman–Crippen MR) is 182 cm³/mol. The Morgan fingerprint density at radius 3 is 2.71 bits per heavy atom. The van der Waals surface area contributed by atoms with Gasteiger partial charge in [0.15, 0.2) is 17.7 Å². The molecule has 0 unspecified atom stereocenters. The molecular formula is C31H31BrClIN4O7. The summed E-state index contributed by atoms with van der Waals surface area (Å²) in [5.41, 5.74) is 5.50.